The molecule has 1 N–H and O–H groups in total. The Morgan fingerprint density at radius 2 is 1.82 bits per heavy atom. The van der Waals surface area contributed by atoms with Crippen LogP contribution in [0, 0.1) is 0 Å². The van der Waals surface area contributed by atoms with E-state index in [4.69, 9.17) is 4.74 Å². The van der Waals surface area contributed by atoms with Crippen molar-refractivity contribution < 1.29 is 9.53 Å². The van der Waals surface area contributed by atoms with Gasteiger partial charge in [0.05, 0.1) is 18.9 Å². The number of hydrogen-bond acceptors (Lipinski definition) is 3. The summed E-state index contributed by atoms with van der Waals surface area (Å²) in [6.07, 6.45) is 0.855. The molecule has 3 nitrogen and oxygen atoms in total. The lowest BCUT2D eigenvalue weighted by molar-refractivity contribution is -0.119. The molecule has 2 rings (SSSR count). The molecule has 0 fully saturated rings. The summed E-state index contributed by atoms with van der Waals surface area (Å²) < 4.78 is 5.16. The van der Waals surface area contributed by atoms with Gasteiger partial charge in [0.15, 0.2) is 0 Å². The van der Waals surface area contributed by atoms with Crippen LogP contribution in [0.25, 0.3) is 0 Å². The first-order valence-corrected chi connectivity index (χ1v) is 8.32. The molecule has 0 heterocycles. The van der Waals surface area contributed by atoms with Crippen molar-refractivity contribution in [1.82, 2.24) is 5.32 Å². The second-order valence-corrected chi connectivity index (χ2v) is 5.95. The highest BCUT2D eigenvalue weighted by Gasteiger charge is 2.13. The minimum Gasteiger partial charge on any atom is -0.497 e. The average Bonchev–Trinajstić information content (AvgIpc) is 2.59. The van der Waals surface area contributed by atoms with Crippen LogP contribution in [0.15, 0.2) is 59.5 Å². The van der Waals surface area contributed by atoms with Crippen LogP contribution < -0.4 is 10.1 Å². The fraction of sp³-hybridized carbons (Fsp3) is 0.278. The molecule has 0 aromatic heterocycles. The van der Waals surface area contributed by atoms with Gasteiger partial charge in [0.25, 0.3) is 0 Å². The SMILES string of the molecule is CC[C@@H](NC(=O)CSc1ccccc1)c1ccc(OC)cc1. The van der Waals surface area contributed by atoms with Crippen molar-refractivity contribution in [3.05, 3.63) is 60.2 Å². The first kappa shape index (κ1) is 16.4. The predicted octanol–water partition coefficient (Wildman–Crippen LogP) is 4.05. The Kier molecular flexibility index (Phi) is 6.34. The molecule has 0 aliphatic heterocycles. The van der Waals surface area contributed by atoms with Crippen LogP contribution in [0.1, 0.15) is 24.9 Å². The van der Waals surface area contributed by atoms with E-state index in [2.05, 4.69) is 12.2 Å². The van der Waals surface area contributed by atoms with E-state index in [1.807, 2.05) is 54.6 Å². The van der Waals surface area contributed by atoms with E-state index in [9.17, 15) is 4.79 Å². The molecule has 2 aromatic carbocycles. The van der Waals surface area contributed by atoms with Gasteiger partial charge in [0.2, 0.25) is 5.91 Å². The quantitative estimate of drug-likeness (QED) is 0.783. The lowest BCUT2D eigenvalue weighted by atomic mass is 10.0. The zero-order valence-corrected chi connectivity index (χ0v) is 13.7. The molecular weight excluding hydrogens is 294 g/mol. The highest BCUT2D eigenvalue weighted by atomic mass is 32.2. The Morgan fingerprint density at radius 1 is 1.14 bits per heavy atom. The molecule has 116 valence electrons. The van der Waals surface area contributed by atoms with Crippen molar-refractivity contribution in [3.63, 3.8) is 0 Å². The van der Waals surface area contributed by atoms with Gasteiger partial charge in [-0.15, -0.1) is 11.8 Å². The maximum atomic E-state index is 12.1. The summed E-state index contributed by atoms with van der Waals surface area (Å²) in [6, 6.07) is 17.8. The number of amides is 1. The largest absolute Gasteiger partial charge is 0.497 e. The lowest BCUT2D eigenvalue weighted by Crippen LogP contribution is -2.29. The third-order valence-electron chi connectivity index (χ3n) is 3.37. The smallest absolute Gasteiger partial charge is 0.230 e. The van der Waals surface area contributed by atoms with Crippen molar-refractivity contribution in [2.75, 3.05) is 12.9 Å². The van der Waals surface area contributed by atoms with Gasteiger partial charge in [-0.05, 0) is 36.2 Å². The fourth-order valence-corrected chi connectivity index (χ4v) is 2.89. The van der Waals surface area contributed by atoms with Gasteiger partial charge >= 0.3 is 0 Å². The van der Waals surface area contributed by atoms with Crippen LogP contribution in [-0.2, 0) is 4.79 Å². The van der Waals surface area contributed by atoms with Crippen LogP contribution >= 0.6 is 11.8 Å². The van der Waals surface area contributed by atoms with Gasteiger partial charge in [0, 0.05) is 4.90 Å². The van der Waals surface area contributed by atoms with Gasteiger partial charge in [0.1, 0.15) is 5.75 Å². The molecule has 0 bridgehead atoms. The molecule has 0 aliphatic rings. The third-order valence-corrected chi connectivity index (χ3v) is 4.39. The summed E-state index contributed by atoms with van der Waals surface area (Å²) in [6.45, 7) is 2.07. The Morgan fingerprint density at radius 3 is 2.41 bits per heavy atom. The number of nitrogens with one attached hydrogen (secondary N) is 1. The number of benzene rings is 2. The zero-order chi connectivity index (χ0) is 15.8. The van der Waals surface area contributed by atoms with E-state index in [0.717, 1.165) is 22.6 Å². The van der Waals surface area contributed by atoms with Crippen molar-refractivity contribution in [1.29, 1.82) is 0 Å². The highest BCUT2D eigenvalue weighted by Crippen LogP contribution is 2.21. The van der Waals surface area contributed by atoms with E-state index >= 15 is 0 Å². The molecule has 0 unspecified atom stereocenters. The van der Waals surface area contributed by atoms with Gasteiger partial charge in [-0.3, -0.25) is 4.79 Å². The number of methoxy groups -OCH3 is 1. The molecule has 0 spiro atoms. The Balaban J connectivity index is 1.90. The Hall–Kier alpha value is -1.94. The predicted molar refractivity (Wildman–Crippen MR) is 91.3 cm³/mol. The number of hydrogen-bond donors (Lipinski definition) is 1. The average molecular weight is 315 g/mol. The summed E-state index contributed by atoms with van der Waals surface area (Å²) in [7, 11) is 1.65. The lowest BCUT2D eigenvalue weighted by Gasteiger charge is -2.17. The Labute approximate surface area is 136 Å². The molecule has 0 radical (unpaired) electrons. The molecule has 0 saturated heterocycles. The van der Waals surface area contributed by atoms with Crippen molar-refractivity contribution in [2.24, 2.45) is 0 Å². The van der Waals surface area contributed by atoms with Gasteiger partial charge in [-0.2, -0.15) is 0 Å². The zero-order valence-electron chi connectivity index (χ0n) is 12.9. The van der Waals surface area contributed by atoms with Crippen molar-refractivity contribution in [2.45, 2.75) is 24.3 Å². The van der Waals surface area contributed by atoms with E-state index in [1.54, 1.807) is 18.9 Å². The molecule has 22 heavy (non-hydrogen) atoms. The van der Waals surface area contributed by atoms with E-state index in [1.165, 1.54) is 0 Å². The van der Waals surface area contributed by atoms with Crippen LogP contribution in [0.2, 0.25) is 0 Å². The van der Waals surface area contributed by atoms with Crippen LogP contribution in [0.5, 0.6) is 5.75 Å². The van der Waals surface area contributed by atoms with Gasteiger partial charge in [-0.25, -0.2) is 0 Å². The Bertz CT molecular complexity index is 584. The summed E-state index contributed by atoms with van der Waals surface area (Å²) in [5.74, 6) is 1.30. The first-order chi connectivity index (χ1) is 10.7. The number of thioether (sulfide) groups is 1. The standard InChI is InChI=1S/C18H21NO2S/c1-3-17(14-9-11-15(21-2)12-10-14)19-18(20)13-22-16-7-5-4-6-8-16/h4-12,17H,3,13H2,1-2H3,(H,19,20)/t17-/m1/s1. The monoisotopic (exact) mass is 315 g/mol. The van der Waals surface area contributed by atoms with Gasteiger partial charge < -0.3 is 10.1 Å². The normalized spacial score (nSPS) is 11.7. The number of ether oxygens (including phenoxy) is 1. The molecule has 1 amide bonds. The third kappa shape index (κ3) is 4.81. The van der Waals surface area contributed by atoms with Crippen LogP contribution in [-0.4, -0.2) is 18.8 Å². The van der Waals surface area contributed by atoms with Crippen LogP contribution in [0.4, 0.5) is 0 Å². The number of carbonyl (C=O) groups excluding carboxylic acids is 1. The molecule has 0 saturated carbocycles. The van der Waals surface area contributed by atoms with Gasteiger partial charge in [-0.1, -0.05) is 37.3 Å². The highest BCUT2D eigenvalue weighted by molar-refractivity contribution is 8.00. The molecule has 1 atom stereocenters. The maximum Gasteiger partial charge on any atom is 0.230 e. The maximum absolute atomic E-state index is 12.1. The summed E-state index contributed by atoms with van der Waals surface area (Å²) in [5.41, 5.74) is 1.10. The topological polar surface area (TPSA) is 38.3 Å². The van der Waals surface area contributed by atoms with Crippen molar-refractivity contribution >= 4 is 17.7 Å². The minimum atomic E-state index is 0.0368. The summed E-state index contributed by atoms with van der Waals surface area (Å²) >= 11 is 1.55. The van der Waals surface area contributed by atoms with E-state index in [-0.39, 0.29) is 11.9 Å². The first-order valence-electron chi connectivity index (χ1n) is 7.34. The van der Waals surface area contributed by atoms with E-state index < -0.39 is 0 Å². The summed E-state index contributed by atoms with van der Waals surface area (Å²) in [5, 5.41) is 3.09. The molecule has 2 aromatic rings. The molecular formula is C18H21NO2S. The number of carbonyl (C=O) groups is 1. The second-order valence-electron chi connectivity index (χ2n) is 4.90. The minimum absolute atomic E-state index is 0.0368. The molecule has 0 aliphatic carbocycles. The van der Waals surface area contributed by atoms with Crippen LogP contribution in [0.3, 0.4) is 0 Å². The number of rotatable bonds is 7. The second kappa shape index (κ2) is 8.49. The van der Waals surface area contributed by atoms with Crippen molar-refractivity contribution in [3.8, 4) is 5.75 Å². The fourth-order valence-electron chi connectivity index (χ4n) is 2.16. The van der Waals surface area contributed by atoms with E-state index in [0.29, 0.717) is 5.75 Å². The molecule has 4 heteroatoms. The summed E-state index contributed by atoms with van der Waals surface area (Å²) in [4.78, 5) is 13.2.